The number of halogens is 1. The van der Waals surface area contributed by atoms with Gasteiger partial charge in [-0.25, -0.2) is 9.97 Å². The van der Waals surface area contributed by atoms with Gasteiger partial charge in [0.05, 0.1) is 21.1 Å². The van der Waals surface area contributed by atoms with Gasteiger partial charge in [-0.2, -0.15) is 0 Å². The maximum absolute atomic E-state index is 12.9. The van der Waals surface area contributed by atoms with E-state index in [-0.39, 0.29) is 5.91 Å². The molecular formula is C18H21BrN6OS. The van der Waals surface area contributed by atoms with E-state index in [1.165, 1.54) is 0 Å². The van der Waals surface area contributed by atoms with Crippen LogP contribution in [0.2, 0.25) is 0 Å². The van der Waals surface area contributed by atoms with E-state index in [1.54, 1.807) is 17.7 Å². The lowest BCUT2D eigenvalue weighted by Crippen LogP contribution is -2.52. The molecule has 1 saturated heterocycles. The summed E-state index contributed by atoms with van der Waals surface area (Å²) in [4.78, 5) is 28.1. The fourth-order valence-corrected chi connectivity index (χ4v) is 5.01. The SMILES string of the molecule is NCC1(C(=O)NCc2ccc(Br)s2)CCN(c2ncnc3[nH]ccc23)CC1. The molecule has 0 unspecified atom stereocenters. The molecule has 142 valence electrons. The van der Waals surface area contributed by atoms with Gasteiger partial charge in [0.25, 0.3) is 0 Å². The zero-order valence-electron chi connectivity index (χ0n) is 14.7. The molecule has 4 N–H and O–H groups in total. The smallest absolute Gasteiger partial charge is 0.227 e. The average Bonchev–Trinajstić information content (AvgIpc) is 3.34. The molecule has 27 heavy (non-hydrogen) atoms. The highest BCUT2D eigenvalue weighted by atomic mass is 79.9. The zero-order chi connectivity index (χ0) is 18.9. The highest BCUT2D eigenvalue weighted by molar-refractivity contribution is 9.11. The molecule has 4 heterocycles. The fraction of sp³-hybridized carbons (Fsp3) is 0.389. The molecule has 0 bridgehead atoms. The quantitative estimate of drug-likeness (QED) is 0.556. The Morgan fingerprint density at radius 1 is 1.33 bits per heavy atom. The Hall–Kier alpha value is -1.97. The molecule has 3 aromatic heterocycles. The Morgan fingerprint density at radius 3 is 2.85 bits per heavy atom. The van der Waals surface area contributed by atoms with E-state index in [0.29, 0.717) is 25.9 Å². The van der Waals surface area contributed by atoms with E-state index in [1.807, 2.05) is 24.4 Å². The van der Waals surface area contributed by atoms with Gasteiger partial charge in [-0.15, -0.1) is 11.3 Å². The van der Waals surface area contributed by atoms with Gasteiger partial charge >= 0.3 is 0 Å². The molecule has 4 rings (SSSR count). The first kappa shape index (κ1) is 18.4. The summed E-state index contributed by atoms with van der Waals surface area (Å²) in [5, 5.41) is 4.08. The lowest BCUT2D eigenvalue weighted by molar-refractivity contribution is -0.131. The molecule has 7 nitrogen and oxygen atoms in total. The van der Waals surface area contributed by atoms with Crippen LogP contribution in [0.1, 0.15) is 17.7 Å². The van der Waals surface area contributed by atoms with Crippen molar-refractivity contribution in [3.8, 4) is 0 Å². The van der Waals surface area contributed by atoms with Crippen LogP contribution in [-0.2, 0) is 11.3 Å². The fourth-order valence-electron chi connectivity index (χ4n) is 3.58. The van der Waals surface area contributed by atoms with E-state index in [4.69, 9.17) is 5.73 Å². The highest BCUT2D eigenvalue weighted by Gasteiger charge is 2.40. The second-order valence-corrected chi connectivity index (χ2v) is 9.34. The number of nitrogens with zero attached hydrogens (tertiary/aromatic N) is 3. The number of fused-ring (bicyclic) bond motifs is 1. The second-order valence-electron chi connectivity index (χ2n) is 6.80. The number of nitrogens with two attached hydrogens (primary N) is 1. The van der Waals surface area contributed by atoms with Crippen molar-refractivity contribution >= 4 is 50.0 Å². The number of carbonyl (C=O) groups is 1. The van der Waals surface area contributed by atoms with Gasteiger partial charge < -0.3 is 20.9 Å². The molecule has 1 amide bonds. The lowest BCUT2D eigenvalue weighted by atomic mass is 9.77. The number of rotatable bonds is 5. The summed E-state index contributed by atoms with van der Waals surface area (Å²) in [7, 11) is 0. The van der Waals surface area contributed by atoms with Crippen LogP contribution >= 0.6 is 27.3 Å². The van der Waals surface area contributed by atoms with Gasteiger partial charge in [0, 0.05) is 30.7 Å². The zero-order valence-corrected chi connectivity index (χ0v) is 17.1. The first-order valence-corrected chi connectivity index (χ1v) is 10.5. The second kappa shape index (κ2) is 7.57. The van der Waals surface area contributed by atoms with Crippen LogP contribution in [0, 0.1) is 5.41 Å². The molecule has 0 saturated carbocycles. The van der Waals surface area contributed by atoms with Crippen molar-refractivity contribution in [1.82, 2.24) is 20.3 Å². The molecule has 0 aromatic carbocycles. The number of aromatic nitrogens is 3. The lowest BCUT2D eigenvalue weighted by Gasteiger charge is -2.40. The Balaban J connectivity index is 1.43. The van der Waals surface area contributed by atoms with Crippen LogP contribution in [0.5, 0.6) is 0 Å². The molecular weight excluding hydrogens is 428 g/mol. The number of aromatic amines is 1. The van der Waals surface area contributed by atoms with E-state index < -0.39 is 5.41 Å². The molecule has 0 aliphatic carbocycles. The van der Waals surface area contributed by atoms with Gasteiger partial charge in [-0.05, 0) is 47.0 Å². The van der Waals surface area contributed by atoms with Crippen molar-refractivity contribution in [2.45, 2.75) is 19.4 Å². The summed E-state index contributed by atoms with van der Waals surface area (Å²) in [6.45, 7) is 2.37. The van der Waals surface area contributed by atoms with Crippen molar-refractivity contribution in [2.75, 3.05) is 24.5 Å². The summed E-state index contributed by atoms with van der Waals surface area (Å²) in [5.41, 5.74) is 6.37. The van der Waals surface area contributed by atoms with Gasteiger partial charge in [0.1, 0.15) is 17.8 Å². The molecule has 0 atom stereocenters. The minimum absolute atomic E-state index is 0.0450. The third kappa shape index (κ3) is 3.59. The predicted octanol–water partition coefficient (Wildman–Crippen LogP) is 2.64. The Labute approximate surface area is 169 Å². The van der Waals surface area contributed by atoms with Gasteiger partial charge in [-0.1, -0.05) is 0 Å². The number of amides is 1. The topological polar surface area (TPSA) is 99.9 Å². The molecule has 1 aliphatic heterocycles. The van der Waals surface area contributed by atoms with Crippen LogP contribution in [0.25, 0.3) is 11.0 Å². The number of hydrogen-bond acceptors (Lipinski definition) is 6. The Morgan fingerprint density at radius 2 is 2.15 bits per heavy atom. The number of carbonyl (C=O) groups excluding carboxylic acids is 1. The molecule has 1 aliphatic rings. The molecule has 0 radical (unpaired) electrons. The summed E-state index contributed by atoms with van der Waals surface area (Å²) >= 11 is 5.08. The number of thiophene rings is 1. The van der Waals surface area contributed by atoms with E-state index in [9.17, 15) is 4.79 Å². The van der Waals surface area contributed by atoms with Crippen molar-refractivity contribution in [2.24, 2.45) is 11.1 Å². The third-order valence-corrected chi connectivity index (χ3v) is 6.90. The summed E-state index contributed by atoms with van der Waals surface area (Å²) in [6.07, 6.45) is 4.86. The average molecular weight is 449 g/mol. The number of nitrogens with one attached hydrogen (secondary N) is 2. The minimum Gasteiger partial charge on any atom is -0.356 e. The van der Waals surface area contributed by atoms with Crippen molar-refractivity contribution in [3.05, 3.63) is 39.4 Å². The number of anilines is 1. The van der Waals surface area contributed by atoms with E-state index >= 15 is 0 Å². The minimum atomic E-state index is -0.519. The summed E-state index contributed by atoms with van der Waals surface area (Å²) < 4.78 is 1.06. The maximum atomic E-state index is 12.9. The third-order valence-electron chi connectivity index (χ3n) is 5.28. The normalized spacial score (nSPS) is 16.6. The number of hydrogen-bond donors (Lipinski definition) is 3. The van der Waals surface area contributed by atoms with Crippen LogP contribution in [-0.4, -0.2) is 40.5 Å². The molecule has 0 spiro atoms. The molecule has 1 fully saturated rings. The predicted molar refractivity (Wildman–Crippen MR) is 111 cm³/mol. The first-order valence-electron chi connectivity index (χ1n) is 8.87. The van der Waals surface area contributed by atoms with Gasteiger partial charge in [0.15, 0.2) is 0 Å². The number of H-pyrrole nitrogens is 1. The van der Waals surface area contributed by atoms with E-state index in [0.717, 1.165) is 38.6 Å². The summed E-state index contributed by atoms with van der Waals surface area (Å²) in [6, 6.07) is 6.00. The van der Waals surface area contributed by atoms with Crippen LogP contribution in [0.3, 0.4) is 0 Å². The van der Waals surface area contributed by atoms with Crippen LogP contribution < -0.4 is 16.0 Å². The first-order chi connectivity index (χ1) is 13.1. The highest BCUT2D eigenvalue weighted by Crippen LogP contribution is 2.34. The molecule has 3 aromatic rings. The Bertz CT molecular complexity index is 946. The van der Waals surface area contributed by atoms with Crippen LogP contribution in [0.4, 0.5) is 5.82 Å². The monoisotopic (exact) mass is 448 g/mol. The maximum Gasteiger partial charge on any atom is 0.227 e. The van der Waals surface area contributed by atoms with Gasteiger partial charge in [0.2, 0.25) is 5.91 Å². The standard InChI is InChI=1S/C18H21BrN6OS/c19-14-2-1-12(27-14)9-22-17(26)18(10-20)4-7-25(8-5-18)16-13-3-6-21-15(13)23-11-24-16/h1-3,6,11H,4-5,7-10,20H2,(H,22,26)(H,21,23,24). The van der Waals surface area contributed by atoms with Crippen molar-refractivity contribution < 1.29 is 4.79 Å². The van der Waals surface area contributed by atoms with Crippen LogP contribution in [0.15, 0.2) is 34.5 Å². The largest absolute Gasteiger partial charge is 0.356 e. The summed E-state index contributed by atoms with van der Waals surface area (Å²) in [5.74, 6) is 0.958. The number of piperidine rings is 1. The van der Waals surface area contributed by atoms with Gasteiger partial charge in [-0.3, -0.25) is 4.79 Å². The van der Waals surface area contributed by atoms with Crippen molar-refractivity contribution in [1.29, 1.82) is 0 Å². The Kier molecular flexibility index (Phi) is 5.16. The van der Waals surface area contributed by atoms with E-state index in [2.05, 4.69) is 41.1 Å². The van der Waals surface area contributed by atoms with Crippen molar-refractivity contribution in [3.63, 3.8) is 0 Å². The molecule has 9 heteroatoms.